The van der Waals surface area contributed by atoms with E-state index in [0.717, 1.165) is 18.7 Å². The summed E-state index contributed by atoms with van der Waals surface area (Å²) in [5, 5.41) is 12.2. The van der Waals surface area contributed by atoms with Gasteiger partial charge in [-0.2, -0.15) is 17.0 Å². The molecule has 6 heteroatoms. The number of nitrogens with one attached hydrogen (secondary N) is 1. The minimum absolute atomic E-state index is 0.324. The molecule has 1 fully saturated rings. The van der Waals surface area contributed by atoms with Gasteiger partial charge in [0, 0.05) is 49.2 Å². The molecule has 0 atom stereocenters. The van der Waals surface area contributed by atoms with Crippen LogP contribution in [0.5, 0.6) is 0 Å². The topological polar surface area (TPSA) is 64.8 Å². The largest absolute Gasteiger partial charge is 0.370 e. The van der Waals surface area contributed by atoms with Crippen molar-refractivity contribution >= 4 is 23.3 Å². The normalized spacial score (nSPS) is 14.4. The van der Waals surface area contributed by atoms with Crippen molar-refractivity contribution in [2.75, 3.05) is 34.8 Å². The lowest BCUT2D eigenvalue weighted by molar-refractivity contribution is 0.858. The monoisotopic (exact) mass is 311 g/mol. The molecule has 0 radical (unpaired) electrons. The molecule has 0 saturated carbocycles. The Balaban J connectivity index is 1.62. The van der Waals surface area contributed by atoms with E-state index in [9.17, 15) is 0 Å². The third-order valence-electron chi connectivity index (χ3n) is 3.58. The number of hydrogen-bond donors (Lipinski definition) is 1. The van der Waals surface area contributed by atoms with Gasteiger partial charge < -0.3 is 10.2 Å². The van der Waals surface area contributed by atoms with Gasteiger partial charge in [-0.3, -0.25) is 0 Å². The first-order valence-electron chi connectivity index (χ1n) is 7.23. The number of anilines is 2. The van der Waals surface area contributed by atoms with Crippen molar-refractivity contribution in [3.63, 3.8) is 0 Å². The van der Waals surface area contributed by atoms with Crippen LogP contribution < -0.4 is 10.2 Å². The SMILES string of the molecule is N#Cc1nccnc1NCc1ccc(N2CCSCC2)cc1. The molecule has 1 aliphatic rings. The molecule has 2 aromatic rings. The van der Waals surface area contributed by atoms with Crippen LogP contribution in [0.25, 0.3) is 0 Å². The first kappa shape index (κ1) is 14.7. The van der Waals surface area contributed by atoms with E-state index in [2.05, 4.69) is 44.5 Å². The molecule has 0 spiro atoms. The zero-order valence-electron chi connectivity index (χ0n) is 12.2. The maximum absolute atomic E-state index is 9.00. The molecule has 1 saturated heterocycles. The molecule has 2 heterocycles. The number of rotatable bonds is 4. The zero-order valence-corrected chi connectivity index (χ0v) is 13.0. The van der Waals surface area contributed by atoms with Crippen molar-refractivity contribution in [3.8, 4) is 6.07 Å². The summed E-state index contributed by atoms with van der Waals surface area (Å²) in [6.07, 6.45) is 3.11. The number of aromatic nitrogens is 2. The Hall–Kier alpha value is -2.26. The fraction of sp³-hybridized carbons (Fsp3) is 0.312. The molecule has 22 heavy (non-hydrogen) atoms. The second-order valence-corrected chi connectivity index (χ2v) is 6.21. The van der Waals surface area contributed by atoms with E-state index in [4.69, 9.17) is 5.26 Å². The summed E-state index contributed by atoms with van der Waals surface area (Å²) in [6.45, 7) is 2.87. The smallest absolute Gasteiger partial charge is 0.182 e. The van der Waals surface area contributed by atoms with E-state index in [1.807, 2.05) is 17.8 Å². The van der Waals surface area contributed by atoms with Crippen LogP contribution in [-0.2, 0) is 6.54 Å². The summed E-state index contributed by atoms with van der Waals surface area (Å²) in [6, 6.07) is 10.6. The molecule has 3 rings (SSSR count). The zero-order chi connectivity index (χ0) is 15.2. The predicted molar refractivity (Wildman–Crippen MR) is 90.1 cm³/mol. The Labute approximate surface area is 134 Å². The van der Waals surface area contributed by atoms with Gasteiger partial charge >= 0.3 is 0 Å². The highest BCUT2D eigenvalue weighted by molar-refractivity contribution is 7.99. The van der Waals surface area contributed by atoms with E-state index in [1.165, 1.54) is 23.4 Å². The van der Waals surface area contributed by atoms with Crippen LogP contribution in [0.1, 0.15) is 11.3 Å². The Morgan fingerprint density at radius 3 is 2.59 bits per heavy atom. The third-order valence-corrected chi connectivity index (χ3v) is 4.52. The standard InChI is InChI=1S/C16H17N5S/c17-11-15-16(19-6-5-18-15)20-12-13-1-3-14(4-2-13)21-7-9-22-10-8-21/h1-6H,7-10,12H2,(H,19,20). The van der Waals surface area contributed by atoms with Gasteiger partial charge in [0.2, 0.25) is 0 Å². The maximum Gasteiger partial charge on any atom is 0.182 e. The third kappa shape index (κ3) is 3.49. The van der Waals surface area contributed by atoms with Crippen LogP contribution in [0.3, 0.4) is 0 Å². The molecular formula is C16H17N5S. The second kappa shape index (κ2) is 7.14. The van der Waals surface area contributed by atoms with Gasteiger partial charge in [-0.05, 0) is 17.7 Å². The van der Waals surface area contributed by atoms with Crippen molar-refractivity contribution < 1.29 is 0 Å². The number of thioether (sulfide) groups is 1. The van der Waals surface area contributed by atoms with E-state index < -0.39 is 0 Å². The highest BCUT2D eigenvalue weighted by Crippen LogP contribution is 2.20. The van der Waals surface area contributed by atoms with E-state index in [0.29, 0.717) is 18.1 Å². The fourth-order valence-corrected chi connectivity index (χ4v) is 3.28. The van der Waals surface area contributed by atoms with E-state index in [-0.39, 0.29) is 0 Å². The molecule has 0 amide bonds. The summed E-state index contributed by atoms with van der Waals surface area (Å²) in [5.41, 5.74) is 2.76. The minimum atomic E-state index is 0.324. The maximum atomic E-state index is 9.00. The Morgan fingerprint density at radius 2 is 1.86 bits per heavy atom. The lowest BCUT2D eigenvalue weighted by atomic mass is 10.2. The molecule has 0 bridgehead atoms. The highest BCUT2D eigenvalue weighted by Gasteiger charge is 2.10. The van der Waals surface area contributed by atoms with Gasteiger partial charge in [-0.1, -0.05) is 12.1 Å². The molecule has 112 valence electrons. The molecule has 1 aromatic carbocycles. The van der Waals surface area contributed by atoms with Gasteiger partial charge in [0.05, 0.1) is 0 Å². The molecule has 0 aliphatic carbocycles. The van der Waals surface area contributed by atoms with Crippen LogP contribution in [-0.4, -0.2) is 34.6 Å². The van der Waals surface area contributed by atoms with Gasteiger partial charge in [0.1, 0.15) is 6.07 Å². The summed E-state index contributed by atoms with van der Waals surface area (Å²) in [5.74, 6) is 2.93. The molecule has 1 aliphatic heterocycles. The molecule has 1 N–H and O–H groups in total. The van der Waals surface area contributed by atoms with Gasteiger partial charge in [-0.15, -0.1) is 0 Å². The fourth-order valence-electron chi connectivity index (χ4n) is 2.38. The first-order valence-corrected chi connectivity index (χ1v) is 8.39. The van der Waals surface area contributed by atoms with Crippen LogP contribution in [0.15, 0.2) is 36.7 Å². The number of nitriles is 1. The van der Waals surface area contributed by atoms with Gasteiger partial charge in [-0.25, -0.2) is 9.97 Å². The quantitative estimate of drug-likeness (QED) is 0.936. The number of benzene rings is 1. The Morgan fingerprint density at radius 1 is 1.14 bits per heavy atom. The van der Waals surface area contributed by atoms with Crippen molar-refractivity contribution in [1.29, 1.82) is 5.26 Å². The van der Waals surface area contributed by atoms with Crippen molar-refractivity contribution in [1.82, 2.24) is 9.97 Å². The minimum Gasteiger partial charge on any atom is -0.370 e. The average molecular weight is 311 g/mol. The Kier molecular flexibility index (Phi) is 4.76. The lowest BCUT2D eigenvalue weighted by Gasteiger charge is -2.28. The molecule has 5 nitrogen and oxygen atoms in total. The van der Waals surface area contributed by atoms with Crippen molar-refractivity contribution in [3.05, 3.63) is 47.9 Å². The van der Waals surface area contributed by atoms with Crippen LogP contribution in [0, 0.1) is 11.3 Å². The van der Waals surface area contributed by atoms with Crippen molar-refractivity contribution in [2.45, 2.75) is 6.54 Å². The Bertz CT molecular complexity index is 659. The van der Waals surface area contributed by atoms with E-state index >= 15 is 0 Å². The summed E-state index contributed by atoms with van der Waals surface area (Å²) in [4.78, 5) is 10.6. The highest BCUT2D eigenvalue weighted by atomic mass is 32.2. The van der Waals surface area contributed by atoms with Crippen LogP contribution >= 0.6 is 11.8 Å². The summed E-state index contributed by atoms with van der Waals surface area (Å²) >= 11 is 2.01. The second-order valence-electron chi connectivity index (χ2n) is 4.98. The first-order chi connectivity index (χ1) is 10.9. The summed E-state index contributed by atoms with van der Waals surface area (Å²) < 4.78 is 0. The summed E-state index contributed by atoms with van der Waals surface area (Å²) in [7, 11) is 0. The molecule has 0 unspecified atom stereocenters. The van der Waals surface area contributed by atoms with E-state index in [1.54, 1.807) is 6.20 Å². The van der Waals surface area contributed by atoms with Crippen LogP contribution in [0.2, 0.25) is 0 Å². The number of hydrogen-bond acceptors (Lipinski definition) is 6. The average Bonchev–Trinajstić information content (AvgIpc) is 2.61. The van der Waals surface area contributed by atoms with Gasteiger partial charge in [0.15, 0.2) is 11.5 Å². The number of nitrogens with zero attached hydrogens (tertiary/aromatic N) is 4. The van der Waals surface area contributed by atoms with Crippen molar-refractivity contribution in [2.24, 2.45) is 0 Å². The van der Waals surface area contributed by atoms with Gasteiger partial charge in [0.25, 0.3) is 0 Å². The predicted octanol–water partition coefficient (Wildman–Crippen LogP) is 2.51. The lowest BCUT2D eigenvalue weighted by Crippen LogP contribution is -2.32. The molecule has 1 aromatic heterocycles. The molecular weight excluding hydrogens is 294 g/mol. The van der Waals surface area contributed by atoms with Crippen LogP contribution in [0.4, 0.5) is 11.5 Å².